The molecule has 0 bridgehead atoms. The van der Waals surface area contributed by atoms with E-state index in [2.05, 4.69) is 137 Å². The quantitative estimate of drug-likeness (QED) is 0.183. The molecular formula is C47H29N3O2. The largest absolute Gasteiger partial charge is 0.456 e. The maximum Gasteiger partial charge on any atom is 0.227 e. The van der Waals surface area contributed by atoms with Crippen LogP contribution in [0.25, 0.3) is 82.8 Å². The van der Waals surface area contributed by atoms with Crippen LogP contribution in [0.1, 0.15) is 0 Å². The van der Waals surface area contributed by atoms with Crippen molar-refractivity contribution in [3.63, 3.8) is 0 Å². The van der Waals surface area contributed by atoms with Crippen molar-refractivity contribution in [3.8, 4) is 17.1 Å². The summed E-state index contributed by atoms with van der Waals surface area (Å²) in [6.07, 6.45) is 0. The van der Waals surface area contributed by atoms with Crippen LogP contribution in [0.5, 0.6) is 0 Å². The van der Waals surface area contributed by atoms with Crippen molar-refractivity contribution in [2.45, 2.75) is 0 Å². The zero-order valence-corrected chi connectivity index (χ0v) is 27.9. The second-order valence-electron chi connectivity index (χ2n) is 13.2. The number of oxazole rings is 1. The predicted molar refractivity (Wildman–Crippen MR) is 213 cm³/mol. The van der Waals surface area contributed by atoms with Gasteiger partial charge in [-0.25, -0.2) is 4.98 Å². The van der Waals surface area contributed by atoms with Crippen LogP contribution in [0, 0.1) is 0 Å². The van der Waals surface area contributed by atoms with E-state index in [1.165, 1.54) is 10.8 Å². The molecule has 0 saturated carbocycles. The first-order chi connectivity index (χ1) is 25.8. The summed E-state index contributed by atoms with van der Waals surface area (Å²) in [6.45, 7) is 0. The third kappa shape index (κ3) is 4.33. The molecule has 8 aromatic carbocycles. The van der Waals surface area contributed by atoms with Gasteiger partial charge in [0.25, 0.3) is 0 Å². The lowest BCUT2D eigenvalue weighted by atomic mass is 10.0. The highest BCUT2D eigenvalue weighted by molar-refractivity contribution is 6.15. The van der Waals surface area contributed by atoms with Gasteiger partial charge in [0.05, 0.1) is 22.1 Å². The number of hydrogen-bond donors (Lipinski definition) is 0. The first-order valence-corrected chi connectivity index (χ1v) is 17.5. The third-order valence-corrected chi connectivity index (χ3v) is 10.2. The summed E-state index contributed by atoms with van der Waals surface area (Å²) in [5.41, 5.74) is 10.6. The van der Waals surface area contributed by atoms with Gasteiger partial charge in [0.2, 0.25) is 5.89 Å². The Labute approximate surface area is 298 Å². The Balaban J connectivity index is 1.21. The molecule has 0 atom stereocenters. The van der Waals surface area contributed by atoms with E-state index in [1.54, 1.807) is 0 Å². The zero-order chi connectivity index (χ0) is 34.2. The molecule has 0 radical (unpaired) electrons. The minimum absolute atomic E-state index is 0.599. The monoisotopic (exact) mass is 667 g/mol. The molecule has 0 N–H and O–H groups in total. The molecule has 0 spiro atoms. The smallest absolute Gasteiger partial charge is 0.227 e. The van der Waals surface area contributed by atoms with Crippen LogP contribution in [-0.4, -0.2) is 9.55 Å². The van der Waals surface area contributed by atoms with E-state index in [0.29, 0.717) is 5.89 Å². The van der Waals surface area contributed by atoms with Crippen molar-refractivity contribution in [1.29, 1.82) is 0 Å². The second-order valence-corrected chi connectivity index (χ2v) is 13.2. The predicted octanol–water partition coefficient (Wildman–Crippen LogP) is 13.1. The van der Waals surface area contributed by atoms with Crippen LogP contribution in [0.15, 0.2) is 185 Å². The van der Waals surface area contributed by atoms with E-state index < -0.39 is 0 Å². The highest BCUT2D eigenvalue weighted by Gasteiger charge is 2.23. The molecule has 0 saturated heterocycles. The molecular weight excluding hydrogens is 639 g/mol. The average Bonchev–Trinajstić information content (AvgIpc) is 3.90. The van der Waals surface area contributed by atoms with Crippen LogP contribution < -0.4 is 4.90 Å². The van der Waals surface area contributed by atoms with Gasteiger partial charge in [-0.2, -0.15) is 0 Å². The molecule has 0 amide bonds. The number of anilines is 3. The van der Waals surface area contributed by atoms with Crippen molar-refractivity contribution >= 4 is 82.7 Å². The molecule has 0 unspecified atom stereocenters. The molecule has 3 heterocycles. The van der Waals surface area contributed by atoms with Crippen molar-refractivity contribution in [3.05, 3.63) is 176 Å². The zero-order valence-electron chi connectivity index (χ0n) is 27.9. The number of fused-ring (bicyclic) bond motifs is 9. The molecule has 0 fully saturated rings. The van der Waals surface area contributed by atoms with E-state index in [9.17, 15) is 0 Å². The Kier molecular flexibility index (Phi) is 6.18. The molecule has 11 rings (SSSR count). The fourth-order valence-corrected chi connectivity index (χ4v) is 7.86. The fraction of sp³-hybridized carbons (Fsp3) is 0. The van der Waals surface area contributed by atoms with E-state index in [-0.39, 0.29) is 0 Å². The summed E-state index contributed by atoms with van der Waals surface area (Å²) in [6, 6.07) is 61.4. The normalized spacial score (nSPS) is 11.8. The lowest BCUT2D eigenvalue weighted by Gasteiger charge is -2.27. The minimum atomic E-state index is 0.599. The molecule has 0 aliphatic heterocycles. The Morgan fingerprint density at radius 3 is 2.04 bits per heavy atom. The van der Waals surface area contributed by atoms with Crippen molar-refractivity contribution in [2.75, 3.05) is 4.90 Å². The molecule has 5 heteroatoms. The molecule has 244 valence electrons. The maximum atomic E-state index is 6.67. The van der Waals surface area contributed by atoms with Gasteiger partial charge in [-0.1, -0.05) is 97.1 Å². The van der Waals surface area contributed by atoms with Gasteiger partial charge >= 0.3 is 0 Å². The van der Waals surface area contributed by atoms with Crippen LogP contribution in [0.3, 0.4) is 0 Å². The molecule has 5 nitrogen and oxygen atoms in total. The van der Waals surface area contributed by atoms with Crippen LogP contribution in [0.4, 0.5) is 17.1 Å². The average molecular weight is 668 g/mol. The molecule has 3 aromatic heterocycles. The number of rotatable bonds is 5. The third-order valence-electron chi connectivity index (χ3n) is 10.2. The highest BCUT2D eigenvalue weighted by atomic mass is 16.3. The summed E-state index contributed by atoms with van der Waals surface area (Å²) in [7, 11) is 0. The lowest BCUT2D eigenvalue weighted by molar-refractivity contribution is 0.623. The van der Waals surface area contributed by atoms with E-state index in [4.69, 9.17) is 13.8 Å². The Hall–Kier alpha value is -7.11. The number of aromatic nitrogens is 2. The number of para-hydroxylation sites is 3. The summed E-state index contributed by atoms with van der Waals surface area (Å²) in [5, 5.41) is 6.65. The fourth-order valence-electron chi connectivity index (χ4n) is 7.86. The van der Waals surface area contributed by atoms with Crippen molar-refractivity contribution in [2.24, 2.45) is 0 Å². The Bertz CT molecular complexity index is 3140. The summed E-state index contributed by atoms with van der Waals surface area (Å²) >= 11 is 0. The maximum absolute atomic E-state index is 6.67. The Morgan fingerprint density at radius 1 is 0.481 bits per heavy atom. The van der Waals surface area contributed by atoms with Crippen LogP contribution in [-0.2, 0) is 0 Å². The van der Waals surface area contributed by atoms with E-state index in [1.807, 2.05) is 48.5 Å². The van der Waals surface area contributed by atoms with Crippen LogP contribution in [0.2, 0.25) is 0 Å². The van der Waals surface area contributed by atoms with Gasteiger partial charge in [0.1, 0.15) is 16.7 Å². The molecule has 0 aliphatic rings. The standard InChI is InChI=1S/C47H29N3O2/c1-3-12-31(13-4-1)47-48-39-27-22-30-14-11-20-41(45(30)46(39)52-47)49(34-24-26-38-37-18-8-10-21-43(37)51-44(38)29-34)33-23-25-36-35-17-7-9-19-40(35)50(42(36)28-33)32-15-5-2-6-16-32/h1-29H. The van der Waals surface area contributed by atoms with Crippen LogP contribution >= 0.6 is 0 Å². The van der Waals surface area contributed by atoms with Gasteiger partial charge in [-0.15, -0.1) is 0 Å². The number of nitrogens with zero attached hydrogens (tertiary/aromatic N) is 3. The first-order valence-electron chi connectivity index (χ1n) is 17.5. The minimum Gasteiger partial charge on any atom is -0.456 e. The number of furan rings is 1. The highest BCUT2D eigenvalue weighted by Crippen LogP contribution is 2.45. The molecule has 52 heavy (non-hydrogen) atoms. The number of hydrogen-bond acceptors (Lipinski definition) is 4. The number of benzene rings is 8. The van der Waals surface area contributed by atoms with E-state index >= 15 is 0 Å². The molecule has 0 aliphatic carbocycles. The Morgan fingerprint density at radius 2 is 1.17 bits per heavy atom. The lowest BCUT2D eigenvalue weighted by Crippen LogP contribution is -2.10. The van der Waals surface area contributed by atoms with E-state index in [0.717, 1.165) is 83.2 Å². The first kappa shape index (κ1) is 28.7. The second kappa shape index (κ2) is 11.2. The summed E-state index contributed by atoms with van der Waals surface area (Å²) in [4.78, 5) is 7.28. The van der Waals surface area contributed by atoms with Crippen molar-refractivity contribution in [1.82, 2.24) is 9.55 Å². The summed E-state index contributed by atoms with van der Waals surface area (Å²) in [5.74, 6) is 0.599. The van der Waals surface area contributed by atoms with Crippen molar-refractivity contribution < 1.29 is 8.83 Å². The summed E-state index contributed by atoms with van der Waals surface area (Å²) < 4.78 is 15.5. The van der Waals surface area contributed by atoms with Gasteiger partial charge < -0.3 is 18.3 Å². The molecule has 11 aromatic rings. The van der Waals surface area contributed by atoms with Gasteiger partial charge in [-0.05, 0) is 78.2 Å². The van der Waals surface area contributed by atoms with Gasteiger partial charge in [0, 0.05) is 50.2 Å². The topological polar surface area (TPSA) is 47.3 Å². The van der Waals surface area contributed by atoms with Gasteiger partial charge in [0.15, 0.2) is 5.58 Å². The van der Waals surface area contributed by atoms with Gasteiger partial charge in [-0.3, -0.25) is 0 Å². The SMILES string of the molecule is c1ccc(-c2nc3ccc4cccc(N(c5ccc6c(c5)oc5ccccc56)c5ccc6c7ccccc7n(-c7ccccc7)c6c5)c4c3o2)cc1.